The van der Waals surface area contributed by atoms with Crippen molar-refractivity contribution in [3.05, 3.63) is 58.7 Å². The fourth-order valence-electron chi connectivity index (χ4n) is 4.37. The van der Waals surface area contributed by atoms with Crippen LogP contribution in [0.15, 0.2) is 42.0 Å². The molecule has 2 aromatic heterocycles. The van der Waals surface area contributed by atoms with Gasteiger partial charge in [0.15, 0.2) is 11.5 Å². The maximum absolute atomic E-state index is 12.0. The van der Waals surface area contributed by atoms with E-state index in [2.05, 4.69) is 38.9 Å². The molecule has 0 atom stereocenters. The van der Waals surface area contributed by atoms with E-state index < -0.39 is 5.97 Å². The first-order valence-electron chi connectivity index (χ1n) is 10.7. The lowest BCUT2D eigenvalue weighted by Gasteiger charge is -2.17. The van der Waals surface area contributed by atoms with Crippen molar-refractivity contribution in [1.82, 2.24) is 9.97 Å². The van der Waals surface area contributed by atoms with Crippen molar-refractivity contribution in [3.8, 4) is 22.6 Å². The van der Waals surface area contributed by atoms with Gasteiger partial charge in [0.1, 0.15) is 17.0 Å². The summed E-state index contributed by atoms with van der Waals surface area (Å²) < 4.78 is 10.7. The van der Waals surface area contributed by atoms with Crippen molar-refractivity contribution in [3.63, 3.8) is 0 Å². The van der Waals surface area contributed by atoms with E-state index >= 15 is 0 Å². The van der Waals surface area contributed by atoms with Crippen LogP contribution in [0, 0.1) is 0 Å². The Labute approximate surface area is 195 Å². The fourth-order valence-corrected chi connectivity index (χ4v) is 5.29. The summed E-state index contributed by atoms with van der Waals surface area (Å²) in [4.78, 5) is 21.7. The van der Waals surface area contributed by atoms with Gasteiger partial charge in [0.05, 0.1) is 30.9 Å². The van der Waals surface area contributed by atoms with E-state index in [0.29, 0.717) is 23.0 Å². The number of aryl methyl sites for hydroxylation is 2. The number of carbonyl (C=O) groups is 1. The molecule has 0 bridgehead atoms. The number of carboxylic acid groups (broad SMARTS) is 1. The minimum absolute atomic E-state index is 0.0602. The van der Waals surface area contributed by atoms with Crippen molar-refractivity contribution in [2.75, 3.05) is 19.5 Å². The van der Waals surface area contributed by atoms with Gasteiger partial charge in [-0.15, -0.1) is 11.3 Å². The summed E-state index contributed by atoms with van der Waals surface area (Å²) in [6, 6.07) is 9.70. The molecule has 1 aliphatic rings. The Balaban J connectivity index is 1.62. The van der Waals surface area contributed by atoms with E-state index in [1.54, 1.807) is 17.4 Å². The van der Waals surface area contributed by atoms with Crippen LogP contribution in [-0.4, -0.2) is 35.3 Å². The molecule has 5 rings (SSSR count). The smallest absolute Gasteiger partial charge is 0.337 e. The number of thiophene rings is 1. The Morgan fingerprint density at radius 3 is 2.55 bits per heavy atom. The van der Waals surface area contributed by atoms with Crippen LogP contribution in [0.5, 0.6) is 11.5 Å². The van der Waals surface area contributed by atoms with Gasteiger partial charge in [-0.25, -0.2) is 14.8 Å². The van der Waals surface area contributed by atoms with Gasteiger partial charge in [0, 0.05) is 23.1 Å². The number of nitrogens with zero attached hydrogens (tertiary/aromatic N) is 2. The number of hydrogen-bond donors (Lipinski definition) is 2. The average Bonchev–Trinajstić information content (AvgIpc) is 3.28. The maximum atomic E-state index is 12.0. The number of anilines is 2. The number of aromatic carboxylic acids is 1. The summed E-state index contributed by atoms with van der Waals surface area (Å²) in [7, 11) is 2.98. The Morgan fingerprint density at radius 1 is 1.03 bits per heavy atom. The van der Waals surface area contributed by atoms with Crippen LogP contribution in [0.3, 0.4) is 0 Å². The van der Waals surface area contributed by atoms with E-state index in [9.17, 15) is 9.90 Å². The molecule has 1 aliphatic carbocycles. The van der Waals surface area contributed by atoms with Crippen LogP contribution < -0.4 is 14.8 Å². The monoisotopic (exact) mass is 461 g/mol. The first-order valence-corrected chi connectivity index (χ1v) is 11.6. The highest BCUT2D eigenvalue weighted by atomic mass is 32.1. The average molecular weight is 462 g/mol. The summed E-state index contributed by atoms with van der Waals surface area (Å²) in [5.74, 6) is 0.238. The topological polar surface area (TPSA) is 93.6 Å². The maximum Gasteiger partial charge on any atom is 0.337 e. The minimum atomic E-state index is -1.08. The lowest BCUT2D eigenvalue weighted by atomic mass is 9.89. The van der Waals surface area contributed by atoms with Crippen LogP contribution in [0.25, 0.3) is 21.3 Å². The number of methoxy groups -OCH3 is 2. The highest BCUT2D eigenvalue weighted by Gasteiger charge is 2.20. The summed E-state index contributed by atoms with van der Waals surface area (Å²) in [6.45, 7) is 0. The number of ether oxygens (including phenoxy) is 2. The molecule has 2 heterocycles. The van der Waals surface area contributed by atoms with Crippen molar-refractivity contribution in [2.24, 2.45) is 0 Å². The largest absolute Gasteiger partial charge is 0.493 e. The molecule has 0 saturated carbocycles. The summed E-state index contributed by atoms with van der Waals surface area (Å²) in [5.41, 5.74) is 5.40. The lowest BCUT2D eigenvalue weighted by Crippen LogP contribution is -2.06. The molecule has 2 aromatic carbocycles. The summed E-state index contributed by atoms with van der Waals surface area (Å²) in [5, 5.41) is 15.9. The number of benzene rings is 2. The Bertz CT molecular complexity index is 1370. The normalized spacial score (nSPS) is 12.9. The third kappa shape index (κ3) is 3.87. The van der Waals surface area contributed by atoms with Gasteiger partial charge in [-0.3, -0.25) is 0 Å². The molecular weight excluding hydrogens is 438 g/mol. The SMILES string of the molecule is COc1cc(Nc2ncnc3scc(-c4ccc5c(c4)CCCC5)c23)c(C(=O)O)cc1OC. The van der Waals surface area contributed by atoms with Gasteiger partial charge < -0.3 is 19.9 Å². The molecule has 33 heavy (non-hydrogen) atoms. The molecule has 0 unspecified atom stereocenters. The summed E-state index contributed by atoms with van der Waals surface area (Å²) in [6.07, 6.45) is 6.17. The quantitative estimate of drug-likeness (QED) is 0.381. The van der Waals surface area contributed by atoms with E-state index in [4.69, 9.17) is 9.47 Å². The predicted molar refractivity (Wildman–Crippen MR) is 129 cm³/mol. The number of carboxylic acids is 1. The van der Waals surface area contributed by atoms with E-state index in [1.807, 2.05) is 0 Å². The molecule has 0 radical (unpaired) electrons. The highest BCUT2D eigenvalue weighted by Crippen LogP contribution is 2.40. The first kappa shape index (κ1) is 21.2. The third-order valence-electron chi connectivity index (χ3n) is 6.04. The van der Waals surface area contributed by atoms with Gasteiger partial charge in [-0.1, -0.05) is 18.2 Å². The van der Waals surface area contributed by atoms with E-state index in [0.717, 1.165) is 34.2 Å². The zero-order chi connectivity index (χ0) is 22.9. The zero-order valence-electron chi connectivity index (χ0n) is 18.3. The molecule has 0 saturated heterocycles. The first-order chi connectivity index (χ1) is 16.1. The second-order valence-corrected chi connectivity index (χ2v) is 8.78. The van der Waals surface area contributed by atoms with Gasteiger partial charge in [-0.2, -0.15) is 0 Å². The Kier molecular flexibility index (Phi) is 5.60. The van der Waals surface area contributed by atoms with Gasteiger partial charge in [-0.05, 0) is 42.4 Å². The highest BCUT2D eigenvalue weighted by molar-refractivity contribution is 7.17. The van der Waals surface area contributed by atoms with Gasteiger partial charge in [0.25, 0.3) is 0 Å². The minimum Gasteiger partial charge on any atom is -0.493 e. The molecule has 7 nitrogen and oxygen atoms in total. The van der Waals surface area contributed by atoms with E-state index in [-0.39, 0.29) is 5.56 Å². The van der Waals surface area contributed by atoms with Crippen LogP contribution >= 0.6 is 11.3 Å². The molecule has 8 heteroatoms. The van der Waals surface area contributed by atoms with Crippen molar-refractivity contribution in [1.29, 1.82) is 0 Å². The van der Waals surface area contributed by atoms with Crippen molar-refractivity contribution in [2.45, 2.75) is 25.7 Å². The Morgan fingerprint density at radius 2 is 1.79 bits per heavy atom. The summed E-state index contributed by atoms with van der Waals surface area (Å²) >= 11 is 1.54. The van der Waals surface area contributed by atoms with Crippen molar-refractivity contribution >= 4 is 39.0 Å². The van der Waals surface area contributed by atoms with E-state index in [1.165, 1.54) is 50.6 Å². The number of rotatable bonds is 6. The number of aromatic nitrogens is 2. The molecule has 4 aromatic rings. The molecule has 168 valence electrons. The molecule has 0 fully saturated rings. The second kappa shape index (κ2) is 8.71. The van der Waals surface area contributed by atoms with Crippen molar-refractivity contribution < 1.29 is 19.4 Å². The van der Waals surface area contributed by atoms with Crippen LogP contribution in [-0.2, 0) is 12.8 Å². The van der Waals surface area contributed by atoms with Crippen LogP contribution in [0.1, 0.15) is 34.3 Å². The molecule has 0 amide bonds. The molecule has 0 spiro atoms. The molecule has 2 N–H and O–H groups in total. The molecular formula is C25H23N3O4S. The third-order valence-corrected chi connectivity index (χ3v) is 6.92. The standard InChI is InChI=1S/C25H23N3O4S/c1-31-20-10-17(25(29)30)19(11-21(20)32-2)28-23-22-18(12-33-24(22)27-13-26-23)16-8-7-14-5-3-4-6-15(14)9-16/h7-13H,3-6H2,1-2H3,(H,29,30)(H,26,27,28). The predicted octanol–water partition coefficient (Wildman–Crippen LogP) is 5.70. The zero-order valence-corrected chi connectivity index (χ0v) is 19.2. The number of fused-ring (bicyclic) bond motifs is 2. The van der Waals surface area contributed by atoms with Crippen LogP contribution in [0.4, 0.5) is 11.5 Å². The van der Waals surface area contributed by atoms with Gasteiger partial charge in [0.2, 0.25) is 0 Å². The Hall–Kier alpha value is -3.65. The van der Waals surface area contributed by atoms with Gasteiger partial charge >= 0.3 is 5.97 Å². The molecule has 0 aliphatic heterocycles. The number of nitrogens with one attached hydrogen (secondary N) is 1. The number of hydrogen-bond acceptors (Lipinski definition) is 7. The second-order valence-electron chi connectivity index (χ2n) is 7.93. The van der Waals surface area contributed by atoms with Crippen LogP contribution in [0.2, 0.25) is 0 Å². The lowest BCUT2D eigenvalue weighted by molar-refractivity contribution is 0.0697. The fraction of sp³-hybridized carbons (Fsp3) is 0.240.